The molecule has 0 amide bonds. The first-order valence-corrected chi connectivity index (χ1v) is 11.7. The molecule has 7 nitrogen and oxygen atoms in total. The average Bonchev–Trinajstić information content (AvgIpc) is 3.53. The molecule has 0 aliphatic heterocycles. The van der Waals surface area contributed by atoms with Gasteiger partial charge in [0.2, 0.25) is 0 Å². The lowest BCUT2D eigenvalue weighted by molar-refractivity contribution is 0.213. The number of tetrazole rings is 1. The van der Waals surface area contributed by atoms with Crippen LogP contribution in [0, 0.1) is 13.8 Å². The summed E-state index contributed by atoms with van der Waals surface area (Å²) in [4.78, 5) is 4.85. The quantitative estimate of drug-likeness (QED) is 0.353. The number of aryl methyl sites for hydroxylation is 3. The van der Waals surface area contributed by atoms with E-state index in [2.05, 4.69) is 51.1 Å². The SMILES string of the molecule is CCCCc1cn2c([C@H](O)c3ccc(-c4ccccc4-c4nnn[nH]4)cc3)c(C)cc(C)c2n1. The van der Waals surface area contributed by atoms with Crippen LogP contribution in [0.2, 0.25) is 0 Å². The van der Waals surface area contributed by atoms with Gasteiger partial charge in [0.15, 0.2) is 5.82 Å². The van der Waals surface area contributed by atoms with Crippen molar-refractivity contribution in [2.75, 3.05) is 0 Å². The standard InChI is InChI=1S/C27H28N6O/c1-4-5-8-21-16-33-24(17(2)15-18(3)27(33)28-21)25(34)20-13-11-19(12-14-20)22-9-6-7-10-23(22)26-29-31-32-30-26/h6-7,9-16,25,34H,4-5,8H2,1-3H3,(H,29,30,31,32)/t25-/m1/s1. The first kappa shape index (κ1) is 22.0. The number of rotatable bonds is 7. The average molecular weight is 453 g/mol. The van der Waals surface area contributed by atoms with Crippen LogP contribution in [0.5, 0.6) is 0 Å². The summed E-state index contributed by atoms with van der Waals surface area (Å²) >= 11 is 0. The smallest absolute Gasteiger partial charge is 0.180 e. The minimum atomic E-state index is -0.765. The largest absolute Gasteiger partial charge is 0.382 e. The summed E-state index contributed by atoms with van der Waals surface area (Å²) < 4.78 is 2.07. The maximum absolute atomic E-state index is 11.4. The molecule has 5 aromatic rings. The molecule has 2 N–H and O–H groups in total. The molecule has 0 aliphatic rings. The number of aromatic amines is 1. The first-order valence-electron chi connectivity index (χ1n) is 11.7. The summed E-state index contributed by atoms with van der Waals surface area (Å²) in [7, 11) is 0. The molecule has 0 unspecified atom stereocenters. The van der Waals surface area contributed by atoms with E-state index < -0.39 is 6.10 Å². The molecule has 5 rings (SSSR count). The predicted octanol–water partition coefficient (Wildman–Crippen LogP) is 5.22. The Kier molecular flexibility index (Phi) is 5.94. The van der Waals surface area contributed by atoms with Crippen LogP contribution in [0.25, 0.3) is 28.2 Å². The molecule has 3 heterocycles. The molecule has 0 saturated heterocycles. The van der Waals surface area contributed by atoms with Gasteiger partial charge in [-0.25, -0.2) is 10.1 Å². The number of nitrogens with zero attached hydrogens (tertiary/aromatic N) is 5. The lowest BCUT2D eigenvalue weighted by Gasteiger charge is -2.18. The molecular weight excluding hydrogens is 424 g/mol. The second kappa shape index (κ2) is 9.19. The summed E-state index contributed by atoms with van der Waals surface area (Å²) in [6, 6.07) is 18.1. The van der Waals surface area contributed by atoms with Crippen LogP contribution < -0.4 is 0 Å². The van der Waals surface area contributed by atoms with Crippen molar-refractivity contribution in [2.24, 2.45) is 0 Å². The first-order chi connectivity index (χ1) is 16.6. The Hall–Kier alpha value is -3.84. The van der Waals surface area contributed by atoms with Gasteiger partial charge in [-0.05, 0) is 64.9 Å². The van der Waals surface area contributed by atoms with Gasteiger partial charge in [0, 0.05) is 11.8 Å². The van der Waals surface area contributed by atoms with Crippen molar-refractivity contribution < 1.29 is 5.11 Å². The van der Waals surface area contributed by atoms with Crippen molar-refractivity contribution in [3.8, 4) is 22.5 Å². The summed E-state index contributed by atoms with van der Waals surface area (Å²) in [6.07, 6.45) is 4.50. The molecule has 0 aliphatic carbocycles. The highest BCUT2D eigenvalue weighted by Gasteiger charge is 2.20. The molecule has 2 aromatic carbocycles. The van der Waals surface area contributed by atoms with E-state index in [-0.39, 0.29) is 0 Å². The number of unbranched alkanes of at least 4 members (excludes halogenated alkanes) is 1. The van der Waals surface area contributed by atoms with Gasteiger partial charge in [-0.3, -0.25) is 0 Å². The number of aromatic nitrogens is 6. The van der Waals surface area contributed by atoms with Gasteiger partial charge < -0.3 is 9.51 Å². The van der Waals surface area contributed by atoms with Crippen LogP contribution in [0.4, 0.5) is 0 Å². The van der Waals surface area contributed by atoms with Gasteiger partial charge >= 0.3 is 0 Å². The Morgan fingerprint density at radius 3 is 2.47 bits per heavy atom. The number of pyridine rings is 1. The van der Waals surface area contributed by atoms with Crippen molar-refractivity contribution in [1.29, 1.82) is 0 Å². The van der Waals surface area contributed by atoms with Gasteiger partial charge in [-0.1, -0.05) is 67.9 Å². The second-order valence-electron chi connectivity index (χ2n) is 8.74. The van der Waals surface area contributed by atoms with Gasteiger partial charge in [-0.15, -0.1) is 5.10 Å². The Labute approximate surface area is 198 Å². The molecule has 0 radical (unpaired) electrons. The maximum atomic E-state index is 11.4. The minimum absolute atomic E-state index is 0.622. The Morgan fingerprint density at radius 1 is 1.00 bits per heavy atom. The number of H-pyrrole nitrogens is 1. The molecule has 7 heteroatoms. The highest BCUT2D eigenvalue weighted by atomic mass is 16.3. The molecule has 34 heavy (non-hydrogen) atoms. The normalized spacial score (nSPS) is 12.4. The highest BCUT2D eigenvalue weighted by Crippen LogP contribution is 2.32. The van der Waals surface area contributed by atoms with Crippen LogP contribution in [0.15, 0.2) is 60.8 Å². The van der Waals surface area contributed by atoms with E-state index >= 15 is 0 Å². The zero-order valence-electron chi connectivity index (χ0n) is 19.7. The molecule has 0 spiro atoms. The third-order valence-electron chi connectivity index (χ3n) is 6.32. The summed E-state index contributed by atoms with van der Waals surface area (Å²) in [6.45, 7) is 6.31. The summed E-state index contributed by atoms with van der Waals surface area (Å²) in [5, 5.41) is 25.7. The molecule has 3 aromatic heterocycles. The predicted molar refractivity (Wildman–Crippen MR) is 132 cm³/mol. The highest BCUT2D eigenvalue weighted by molar-refractivity contribution is 5.80. The van der Waals surface area contributed by atoms with Crippen LogP contribution in [-0.2, 0) is 6.42 Å². The number of nitrogens with one attached hydrogen (secondary N) is 1. The van der Waals surface area contributed by atoms with Crippen molar-refractivity contribution in [3.63, 3.8) is 0 Å². The van der Waals surface area contributed by atoms with Crippen LogP contribution in [0.1, 0.15) is 53.9 Å². The Balaban J connectivity index is 1.51. The number of imidazole rings is 1. The molecule has 0 saturated carbocycles. The molecule has 172 valence electrons. The maximum Gasteiger partial charge on any atom is 0.180 e. The fraction of sp³-hybridized carbons (Fsp3) is 0.259. The molecular formula is C27H28N6O. The molecule has 0 bridgehead atoms. The second-order valence-corrected chi connectivity index (χ2v) is 8.74. The topological polar surface area (TPSA) is 92.0 Å². The van der Waals surface area contributed by atoms with Gasteiger partial charge in [0.05, 0.1) is 11.4 Å². The van der Waals surface area contributed by atoms with Gasteiger partial charge in [0.1, 0.15) is 11.8 Å². The van der Waals surface area contributed by atoms with Crippen molar-refractivity contribution in [1.82, 2.24) is 30.0 Å². The van der Waals surface area contributed by atoms with E-state index in [9.17, 15) is 5.11 Å². The lowest BCUT2D eigenvalue weighted by atomic mass is 9.95. The molecule has 1 atom stereocenters. The van der Waals surface area contributed by atoms with Crippen LogP contribution >= 0.6 is 0 Å². The van der Waals surface area contributed by atoms with Gasteiger partial charge in [0.25, 0.3) is 0 Å². The van der Waals surface area contributed by atoms with E-state index in [4.69, 9.17) is 4.98 Å². The Morgan fingerprint density at radius 2 is 1.76 bits per heavy atom. The van der Waals surface area contributed by atoms with Crippen molar-refractivity contribution in [2.45, 2.75) is 46.1 Å². The third kappa shape index (κ3) is 3.99. The van der Waals surface area contributed by atoms with E-state index in [1.54, 1.807) is 0 Å². The zero-order valence-corrected chi connectivity index (χ0v) is 19.7. The van der Waals surface area contributed by atoms with Crippen molar-refractivity contribution >= 4 is 5.65 Å². The lowest BCUT2D eigenvalue weighted by Crippen LogP contribution is -2.09. The van der Waals surface area contributed by atoms with E-state index in [0.29, 0.717) is 5.82 Å². The fourth-order valence-corrected chi connectivity index (χ4v) is 4.59. The zero-order chi connectivity index (χ0) is 23.7. The van der Waals surface area contributed by atoms with E-state index in [1.165, 1.54) is 0 Å². The third-order valence-corrected chi connectivity index (χ3v) is 6.32. The number of aliphatic hydroxyl groups excluding tert-OH is 1. The summed E-state index contributed by atoms with van der Waals surface area (Å²) in [5.74, 6) is 0.622. The Bertz CT molecular complexity index is 1420. The minimum Gasteiger partial charge on any atom is -0.382 e. The van der Waals surface area contributed by atoms with Gasteiger partial charge in [-0.2, -0.15) is 0 Å². The number of hydrogen-bond acceptors (Lipinski definition) is 5. The van der Waals surface area contributed by atoms with E-state index in [0.717, 1.165) is 69.7 Å². The van der Waals surface area contributed by atoms with Crippen molar-refractivity contribution in [3.05, 3.63) is 88.9 Å². The summed E-state index contributed by atoms with van der Waals surface area (Å²) in [5.41, 5.74) is 8.81. The fourth-order valence-electron chi connectivity index (χ4n) is 4.59. The number of aliphatic hydroxyl groups is 1. The monoisotopic (exact) mass is 452 g/mol. The number of fused-ring (bicyclic) bond motifs is 1. The van der Waals surface area contributed by atoms with E-state index in [1.807, 2.05) is 55.5 Å². The van der Waals surface area contributed by atoms with Crippen LogP contribution in [0.3, 0.4) is 0 Å². The number of hydrogen-bond donors (Lipinski definition) is 2. The number of benzene rings is 2. The molecule has 0 fully saturated rings. The van der Waals surface area contributed by atoms with Crippen LogP contribution in [-0.4, -0.2) is 35.1 Å².